The molecule has 1 saturated carbocycles. The average Bonchev–Trinajstić information content (AvgIpc) is 3.05. The van der Waals surface area contributed by atoms with Gasteiger partial charge >= 0.3 is 6.09 Å². The fourth-order valence-electron chi connectivity index (χ4n) is 3.82. The summed E-state index contributed by atoms with van der Waals surface area (Å²) in [5.74, 6) is -0.430. The van der Waals surface area contributed by atoms with Crippen LogP contribution in [0.2, 0.25) is 0 Å². The number of nitrogens with zero attached hydrogens (tertiary/aromatic N) is 1. The minimum absolute atomic E-state index is 0.0497. The number of benzene rings is 1. The molecule has 1 aliphatic heterocycles. The van der Waals surface area contributed by atoms with Crippen LogP contribution in [0.15, 0.2) is 22.7 Å². The van der Waals surface area contributed by atoms with Crippen LogP contribution >= 0.6 is 15.9 Å². The molecule has 1 unspecified atom stereocenters. The molecular formula is C18H21BrFNO3. The van der Waals surface area contributed by atoms with Gasteiger partial charge in [-0.15, -0.1) is 0 Å². The van der Waals surface area contributed by atoms with Crippen LogP contribution in [-0.4, -0.2) is 35.0 Å². The van der Waals surface area contributed by atoms with Gasteiger partial charge in [-0.05, 0) is 63.8 Å². The molecule has 1 aromatic carbocycles. The standard InChI is InChI=1S/C18H21BrFNO3/c1-10(22)15-13-8-18(13,12-7-11(19)5-6-14(12)20)9-21(15)16(23)24-17(2,3)4/h5-7,13,15H,8-9H2,1-4H3/t13-,15?,18+/m0/s1. The van der Waals surface area contributed by atoms with Gasteiger partial charge in [0.25, 0.3) is 0 Å². The van der Waals surface area contributed by atoms with Gasteiger partial charge in [0, 0.05) is 16.4 Å². The normalized spacial score (nSPS) is 28.5. The number of carbonyl (C=O) groups excluding carboxylic acids is 2. The Kier molecular flexibility index (Phi) is 4.02. The maximum Gasteiger partial charge on any atom is 0.410 e. The Morgan fingerprint density at radius 1 is 1.38 bits per heavy atom. The maximum absolute atomic E-state index is 14.4. The number of hydrogen-bond donors (Lipinski definition) is 0. The Bertz CT molecular complexity index is 715. The van der Waals surface area contributed by atoms with Crippen molar-refractivity contribution in [1.29, 1.82) is 0 Å². The SMILES string of the molecule is CC(=O)C1[C@@H]2C[C@]2(c2cc(Br)ccc2F)CN1C(=O)OC(C)(C)C. The van der Waals surface area contributed by atoms with E-state index in [-0.39, 0.29) is 17.5 Å². The minimum atomic E-state index is -0.639. The highest BCUT2D eigenvalue weighted by atomic mass is 79.9. The summed E-state index contributed by atoms with van der Waals surface area (Å²) >= 11 is 3.38. The van der Waals surface area contributed by atoms with Gasteiger partial charge in [0.15, 0.2) is 5.78 Å². The maximum atomic E-state index is 14.4. The van der Waals surface area contributed by atoms with Crippen molar-refractivity contribution < 1.29 is 18.7 Å². The van der Waals surface area contributed by atoms with Crippen LogP contribution in [0, 0.1) is 11.7 Å². The van der Waals surface area contributed by atoms with Crippen molar-refractivity contribution in [2.24, 2.45) is 5.92 Å². The molecule has 1 saturated heterocycles. The Morgan fingerprint density at radius 2 is 2.04 bits per heavy atom. The van der Waals surface area contributed by atoms with Crippen LogP contribution in [0.25, 0.3) is 0 Å². The molecule has 1 aliphatic carbocycles. The molecule has 4 nitrogen and oxygen atoms in total. The third-order valence-electron chi connectivity index (χ3n) is 4.81. The summed E-state index contributed by atoms with van der Waals surface area (Å²) in [6.07, 6.45) is 0.203. The van der Waals surface area contributed by atoms with Crippen molar-refractivity contribution in [3.05, 3.63) is 34.1 Å². The second kappa shape index (κ2) is 5.55. The lowest BCUT2D eigenvalue weighted by Crippen LogP contribution is -2.45. The first-order valence-corrected chi connectivity index (χ1v) is 8.80. The number of halogens is 2. The molecule has 0 spiro atoms. The molecule has 130 valence electrons. The van der Waals surface area contributed by atoms with Crippen LogP contribution in [0.1, 0.15) is 39.7 Å². The molecule has 2 aliphatic rings. The van der Waals surface area contributed by atoms with Crippen molar-refractivity contribution in [3.63, 3.8) is 0 Å². The molecule has 3 rings (SSSR count). The largest absolute Gasteiger partial charge is 0.444 e. The summed E-state index contributed by atoms with van der Waals surface area (Å²) in [7, 11) is 0. The fraction of sp³-hybridized carbons (Fsp3) is 0.556. The van der Waals surface area contributed by atoms with E-state index in [1.807, 2.05) is 0 Å². The van der Waals surface area contributed by atoms with Crippen LogP contribution in [-0.2, 0) is 14.9 Å². The quantitative estimate of drug-likeness (QED) is 0.755. The average molecular weight is 398 g/mol. The van der Waals surface area contributed by atoms with E-state index in [4.69, 9.17) is 4.74 Å². The highest BCUT2D eigenvalue weighted by molar-refractivity contribution is 9.10. The Hall–Kier alpha value is -1.43. The zero-order valence-electron chi connectivity index (χ0n) is 14.2. The van der Waals surface area contributed by atoms with Crippen LogP contribution in [0.3, 0.4) is 0 Å². The molecule has 1 amide bonds. The van der Waals surface area contributed by atoms with Gasteiger partial charge in [-0.1, -0.05) is 15.9 Å². The molecule has 1 aromatic rings. The van der Waals surface area contributed by atoms with Gasteiger partial charge < -0.3 is 4.74 Å². The minimum Gasteiger partial charge on any atom is -0.444 e. The van der Waals surface area contributed by atoms with Crippen molar-refractivity contribution in [2.45, 2.75) is 51.2 Å². The summed E-state index contributed by atoms with van der Waals surface area (Å²) in [6, 6.07) is 4.28. The summed E-state index contributed by atoms with van der Waals surface area (Å²) in [6.45, 7) is 7.15. The van der Waals surface area contributed by atoms with Gasteiger partial charge in [-0.3, -0.25) is 9.69 Å². The number of hydrogen-bond acceptors (Lipinski definition) is 3. The van der Waals surface area contributed by atoms with Crippen LogP contribution in [0.4, 0.5) is 9.18 Å². The lowest BCUT2D eigenvalue weighted by atomic mass is 9.93. The van der Waals surface area contributed by atoms with Crippen molar-refractivity contribution in [3.8, 4) is 0 Å². The fourth-order valence-corrected chi connectivity index (χ4v) is 4.19. The molecule has 1 heterocycles. The highest BCUT2D eigenvalue weighted by Gasteiger charge is 2.68. The van der Waals surface area contributed by atoms with Crippen LogP contribution < -0.4 is 0 Å². The third kappa shape index (κ3) is 2.85. The molecule has 24 heavy (non-hydrogen) atoms. The number of ether oxygens (including phenoxy) is 1. The first kappa shape index (κ1) is 17.4. The van der Waals surface area contributed by atoms with Crippen molar-refractivity contribution in [1.82, 2.24) is 4.90 Å². The summed E-state index contributed by atoms with van der Waals surface area (Å²) < 4.78 is 20.6. The van der Waals surface area contributed by atoms with Crippen molar-refractivity contribution in [2.75, 3.05) is 6.54 Å². The third-order valence-corrected chi connectivity index (χ3v) is 5.31. The van der Waals surface area contributed by atoms with E-state index in [1.165, 1.54) is 17.9 Å². The molecular weight excluding hydrogens is 377 g/mol. The van der Waals surface area contributed by atoms with Crippen molar-refractivity contribution >= 4 is 27.8 Å². The van der Waals surface area contributed by atoms with E-state index < -0.39 is 23.2 Å². The molecule has 0 aromatic heterocycles. The summed E-state index contributed by atoms with van der Waals surface area (Å²) in [5, 5.41) is 0. The predicted octanol–water partition coefficient (Wildman–Crippen LogP) is 4.05. The van der Waals surface area contributed by atoms with E-state index in [0.29, 0.717) is 18.5 Å². The molecule has 0 radical (unpaired) electrons. The van der Waals surface area contributed by atoms with Gasteiger partial charge in [0.2, 0.25) is 0 Å². The lowest BCUT2D eigenvalue weighted by Gasteiger charge is -2.29. The predicted molar refractivity (Wildman–Crippen MR) is 91.3 cm³/mol. The zero-order chi connectivity index (χ0) is 17.9. The Morgan fingerprint density at radius 3 is 2.62 bits per heavy atom. The number of fused-ring (bicyclic) bond motifs is 1. The number of piperidine rings is 1. The number of Topliss-reactive ketones (excluding diaryl/α,β-unsaturated/α-hetero) is 1. The van der Waals surface area contributed by atoms with Crippen LogP contribution in [0.5, 0.6) is 0 Å². The van der Waals surface area contributed by atoms with E-state index in [1.54, 1.807) is 32.9 Å². The van der Waals surface area contributed by atoms with E-state index in [2.05, 4.69) is 15.9 Å². The Labute approximate surface area is 149 Å². The number of ketones is 1. The number of rotatable bonds is 2. The second-order valence-corrected chi connectivity index (χ2v) is 8.67. The summed E-state index contributed by atoms with van der Waals surface area (Å²) in [4.78, 5) is 26.1. The number of amides is 1. The van der Waals surface area contributed by atoms with E-state index >= 15 is 0 Å². The van der Waals surface area contributed by atoms with Gasteiger partial charge in [0.05, 0.1) is 6.04 Å². The van der Waals surface area contributed by atoms with Gasteiger partial charge in [-0.2, -0.15) is 0 Å². The second-order valence-electron chi connectivity index (χ2n) is 7.75. The molecule has 6 heteroatoms. The van der Waals surface area contributed by atoms with E-state index in [9.17, 15) is 14.0 Å². The summed E-state index contributed by atoms with van der Waals surface area (Å²) in [5.41, 5.74) is -0.556. The van der Waals surface area contributed by atoms with Gasteiger partial charge in [-0.25, -0.2) is 9.18 Å². The number of carbonyl (C=O) groups is 2. The number of likely N-dealkylation sites (tertiary alicyclic amines) is 1. The van der Waals surface area contributed by atoms with E-state index in [0.717, 1.165) is 4.47 Å². The molecule has 2 fully saturated rings. The smallest absolute Gasteiger partial charge is 0.410 e. The molecule has 3 atom stereocenters. The highest BCUT2D eigenvalue weighted by Crippen LogP contribution is 2.62. The molecule has 0 bridgehead atoms. The first-order valence-electron chi connectivity index (χ1n) is 8.01. The first-order chi connectivity index (χ1) is 11.0. The topological polar surface area (TPSA) is 46.6 Å². The van der Waals surface area contributed by atoms with Gasteiger partial charge in [0.1, 0.15) is 11.4 Å². The lowest BCUT2D eigenvalue weighted by molar-refractivity contribution is -0.122. The zero-order valence-corrected chi connectivity index (χ0v) is 15.8. The molecule has 0 N–H and O–H groups in total. The monoisotopic (exact) mass is 397 g/mol. The Balaban J connectivity index is 1.94.